The Labute approximate surface area is 108 Å². The number of benzene rings is 1. The summed E-state index contributed by atoms with van der Waals surface area (Å²) in [7, 11) is -4.17. The third-order valence-corrected chi connectivity index (χ3v) is 4.03. The van der Waals surface area contributed by atoms with Gasteiger partial charge in [0, 0.05) is 5.56 Å². The van der Waals surface area contributed by atoms with Gasteiger partial charge in [0.05, 0.1) is 5.39 Å². The summed E-state index contributed by atoms with van der Waals surface area (Å²) in [6.45, 7) is 1.19. The van der Waals surface area contributed by atoms with Crippen molar-refractivity contribution in [3.8, 4) is 17.2 Å². The van der Waals surface area contributed by atoms with Crippen molar-refractivity contribution in [2.24, 2.45) is 0 Å². The van der Waals surface area contributed by atoms with Crippen molar-refractivity contribution >= 4 is 18.8 Å². The number of phosphoric acid groups is 1. The number of rotatable bonds is 0. The summed E-state index contributed by atoms with van der Waals surface area (Å²) in [5, 5.41) is -0.354. The van der Waals surface area contributed by atoms with E-state index >= 15 is 0 Å². The largest absolute Gasteiger partial charge is 0.625 e. The normalized spacial score (nSPS) is 22.4. The van der Waals surface area contributed by atoms with Crippen LogP contribution in [0.15, 0.2) is 9.21 Å². The molecular weight excluding hydrogens is 301 g/mol. The summed E-state index contributed by atoms with van der Waals surface area (Å²) in [6.07, 6.45) is 0. The van der Waals surface area contributed by atoms with Gasteiger partial charge in [-0.05, 0) is 6.92 Å². The molecule has 0 N–H and O–H groups in total. The molecule has 4 heterocycles. The smallest absolute Gasteiger partial charge is 0.416 e. The summed E-state index contributed by atoms with van der Waals surface area (Å²) in [6, 6.07) is 0. The van der Waals surface area contributed by atoms with E-state index in [2.05, 4.69) is 14.0 Å². The first-order valence-corrected chi connectivity index (χ1v) is 6.71. The lowest BCUT2D eigenvalue weighted by Crippen LogP contribution is -2.21. The van der Waals surface area contributed by atoms with Crippen molar-refractivity contribution < 1.29 is 36.4 Å². The van der Waals surface area contributed by atoms with E-state index in [9.17, 15) is 18.1 Å². The molecule has 1 atom stereocenters. The Bertz CT molecular complexity index is 903. The minimum atomic E-state index is -4.17. The number of hydrogen-bond donors (Lipinski definition) is 0. The molecule has 4 bridgehead atoms. The zero-order valence-electron chi connectivity index (χ0n) is 9.56. The fourth-order valence-corrected chi connectivity index (χ4v) is 3.10. The minimum absolute atomic E-state index is 0.284. The quantitative estimate of drug-likeness (QED) is 0.420. The van der Waals surface area contributed by atoms with Gasteiger partial charge >= 0.3 is 13.4 Å². The van der Waals surface area contributed by atoms with Crippen molar-refractivity contribution in [1.29, 1.82) is 0 Å². The first kappa shape index (κ1) is 11.7. The van der Waals surface area contributed by atoms with Crippen LogP contribution in [-0.4, -0.2) is 0 Å². The van der Waals surface area contributed by atoms with Crippen LogP contribution >= 0.6 is 7.82 Å². The Kier molecular flexibility index (Phi) is 1.93. The Morgan fingerprint density at radius 1 is 1.05 bits per heavy atom. The van der Waals surface area contributed by atoms with Crippen molar-refractivity contribution in [2.75, 3.05) is 0 Å². The van der Waals surface area contributed by atoms with Gasteiger partial charge < -0.3 is 18.4 Å². The van der Waals surface area contributed by atoms with E-state index < -0.39 is 36.4 Å². The monoisotopic (exact) mass is 304 g/mol. The molecule has 0 amide bonds. The third kappa shape index (κ3) is 1.21. The average Bonchev–Trinajstić information content (AvgIpc) is 2.41. The molecule has 0 fully saturated rings. The summed E-state index contributed by atoms with van der Waals surface area (Å²) in [4.78, 5) is 15.9. The van der Waals surface area contributed by atoms with Gasteiger partial charge in [0.15, 0.2) is 11.4 Å². The van der Waals surface area contributed by atoms with E-state index in [0.29, 0.717) is 0 Å². The number of phosphoric ester groups is 1. The van der Waals surface area contributed by atoms with Crippen molar-refractivity contribution in [3.05, 3.63) is 27.6 Å². The number of hydrogen-bond acceptors (Lipinski definition) is 7. The van der Waals surface area contributed by atoms with Gasteiger partial charge in [-0.2, -0.15) is 4.39 Å². The fraction of sp³-hybridized carbons (Fsp3) is 0.100. The van der Waals surface area contributed by atoms with Gasteiger partial charge in [-0.1, -0.05) is 4.67 Å². The summed E-state index contributed by atoms with van der Waals surface area (Å²) in [5.41, 5.74) is -2.01. The highest BCUT2D eigenvalue weighted by Crippen LogP contribution is 2.67. The summed E-state index contributed by atoms with van der Waals surface area (Å²) < 4.78 is 58.3. The Balaban J connectivity index is 2.27. The summed E-state index contributed by atoms with van der Waals surface area (Å²) >= 11 is 0. The molecule has 20 heavy (non-hydrogen) atoms. The second kappa shape index (κ2) is 3.31. The van der Waals surface area contributed by atoms with E-state index in [1.165, 1.54) is 6.92 Å². The molecule has 0 spiro atoms. The van der Waals surface area contributed by atoms with Gasteiger partial charge in [-0.25, -0.2) is 13.8 Å². The van der Waals surface area contributed by atoms with Crippen molar-refractivity contribution in [2.45, 2.75) is 6.92 Å². The fourth-order valence-electron chi connectivity index (χ4n) is 2.06. The maximum Gasteiger partial charge on any atom is 0.625 e. The van der Waals surface area contributed by atoms with E-state index in [-0.39, 0.29) is 22.4 Å². The first-order chi connectivity index (χ1) is 9.41. The van der Waals surface area contributed by atoms with Crippen LogP contribution in [0.3, 0.4) is 0 Å². The van der Waals surface area contributed by atoms with Crippen LogP contribution in [0.2, 0.25) is 0 Å². The van der Waals surface area contributed by atoms with Gasteiger partial charge in [0.1, 0.15) is 0 Å². The van der Waals surface area contributed by atoms with E-state index in [1.54, 1.807) is 0 Å². The summed E-state index contributed by atoms with van der Waals surface area (Å²) in [5.74, 6) is -3.53. The second-order valence-electron chi connectivity index (χ2n) is 4.12. The number of aryl methyl sites for hydroxylation is 1. The standard InChI is InChI=1S/C10H3F2O7P/c1-2-3-5(12)7-8-9(6(3)15-10(13)4(2)11)18-20(14,17-7)19-16-8/h1H3. The van der Waals surface area contributed by atoms with Gasteiger partial charge in [0.2, 0.25) is 17.3 Å². The van der Waals surface area contributed by atoms with Gasteiger partial charge in [-0.3, -0.25) is 0 Å². The molecule has 104 valence electrons. The van der Waals surface area contributed by atoms with Crippen molar-refractivity contribution in [1.82, 2.24) is 0 Å². The molecule has 2 aromatic rings. The molecule has 7 nitrogen and oxygen atoms in total. The third-order valence-electron chi connectivity index (χ3n) is 2.96. The van der Waals surface area contributed by atoms with Crippen LogP contribution in [0.1, 0.15) is 5.56 Å². The molecule has 1 unspecified atom stereocenters. The Hall–Kier alpha value is -2.12. The van der Waals surface area contributed by atoms with Crippen LogP contribution in [0.4, 0.5) is 8.78 Å². The van der Waals surface area contributed by atoms with Crippen LogP contribution in [0, 0.1) is 18.6 Å². The molecule has 0 radical (unpaired) electrons. The van der Waals surface area contributed by atoms with E-state index in [0.717, 1.165) is 0 Å². The first-order valence-electron chi connectivity index (χ1n) is 5.25. The molecule has 3 aliphatic heterocycles. The SMILES string of the molecule is Cc1c(F)c(=O)oc2c3c4c(c(F)c12)OP(=O)(OO4)O3. The molecule has 1 aromatic heterocycles. The molecule has 3 aliphatic rings. The number of fused-ring (bicyclic) bond motifs is 2. The highest BCUT2D eigenvalue weighted by molar-refractivity contribution is 7.49. The second-order valence-corrected chi connectivity index (χ2v) is 5.53. The van der Waals surface area contributed by atoms with Crippen LogP contribution < -0.4 is 19.6 Å². The average molecular weight is 304 g/mol. The zero-order valence-corrected chi connectivity index (χ0v) is 10.5. The predicted octanol–water partition coefficient (Wildman–Crippen LogP) is 2.58. The minimum Gasteiger partial charge on any atom is -0.416 e. The van der Waals surface area contributed by atoms with Crippen LogP contribution in [0.25, 0.3) is 11.0 Å². The topological polar surface area (TPSA) is 84.2 Å². The van der Waals surface area contributed by atoms with Gasteiger partial charge in [0.25, 0.3) is 5.75 Å². The van der Waals surface area contributed by atoms with E-state index in [1.807, 2.05) is 0 Å². The molecule has 0 aliphatic carbocycles. The zero-order chi connectivity index (χ0) is 14.2. The molecule has 0 saturated heterocycles. The molecule has 1 aromatic carbocycles. The lowest BCUT2D eigenvalue weighted by Gasteiger charge is -2.30. The van der Waals surface area contributed by atoms with Crippen molar-refractivity contribution in [3.63, 3.8) is 0 Å². The Morgan fingerprint density at radius 2 is 1.75 bits per heavy atom. The Morgan fingerprint density at radius 3 is 2.45 bits per heavy atom. The molecule has 5 rings (SSSR count). The lowest BCUT2D eigenvalue weighted by molar-refractivity contribution is -0.144. The maximum absolute atomic E-state index is 14.3. The number of halogens is 2. The molecule has 0 saturated carbocycles. The molecular formula is C10H3F2O7P. The predicted molar refractivity (Wildman–Crippen MR) is 57.7 cm³/mol. The van der Waals surface area contributed by atoms with Gasteiger partial charge in [-0.15, -0.1) is 0 Å². The highest BCUT2D eigenvalue weighted by Gasteiger charge is 2.50. The lowest BCUT2D eigenvalue weighted by atomic mass is 10.1. The molecule has 10 heteroatoms. The van der Waals surface area contributed by atoms with Crippen LogP contribution in [-0.2, 0) is 9.24 Å². The van der Waals surface area contributed by atoms with E-state index in [4.69, 9.17) is 9.05 Å². The van der Waals surface area contributed by atoms with Crippen LogP contribution in [0.5, 0.6) is 17.2 Å². The maximum atomic E-state index is 14.3. The highest BCUT2D eigenvalue weighted by atomic mass is 31.2.